The van der Waals surface area contributed by atoms with Gasteiger partial charge >= 0.3 is 0 Å². The van der Waals surface area contributed by atoms with Crippen molar-refractivity contribution >= 4 is 17.5 Å². The summed E-state index contributed by atoms with van der Waals surface area (Å²) in [6, 6.07) is 15.0. The van der Waals surface area contributed by atoms with Crippen LogP contribution in [-0.4, -0.2) is 27.4 Å². The number of benzene rings is 2. The first kappa shape index (κ1) is 15.3. The summed E-state index contributed by atoms with van der Waals surface area (Å²) >= 11 is 6.15. The Balaban J connectivity index is 1.73. The van der Waals surface area contributed by atoms with Gasteiger partial charge < -0.3 is 9.47 Å². The Morgan fingerprint density at radius 3 is 2.57 bits per heavy atom. The summed E-state index contributed by atoms with van der Waals surface area (Å²) in [7, 11) is 1.77. The smallest absolute Gasteiger partial charge is 0.253 e. The maximum absolute atomic E-state index is 12.5. The number of hydrogen-bond acceptors (Lipinski definition) is 2. The molecule has 3 rings (SSSR count). The summed E-state index contributed by atoms with van der Waals surface area (Å²) < 4.78 is 1.89. The van der Waals surface area contributed by atoms with Crippen LogP contribution in [0.3, 0.4) is 0 Å². The predicted molar refractivity (Wildman–Crippen MR) is 90.8 cm³/mol. The van der Waals surface area contributed by atoms with E-state index in [0.717, 1.165) is 11.3 Å². The molecule has 0 spiro atoms. The van der Waals surface area contributed by atoms with Crippen molar-refractivity contribution in [2.45, 2.75) is 6.54 Å². The molecule has 23 heavy (non-hydrogen) atoms. The molecule has 0 saturated heterocycles. The van der Waals surface area contributed by atoms with Gasteiger partial charge in [0.1, 0.15) is 0 Å². The third-order valence-corrected chi connectivity index (χ3v) is 4.00. The van der Waals surface area contributed by atoms with E-state index >= 15 is 0 Å². The fourth-order valence-electron chi connectivity index (χ4n) is 2.36. The molecule has 0 saturated carbocycles. The molecular weight excluding hydrogens is 310 g/mol. The van der Waals surface area contributed by atoms with Gasteiger partial charge in [0.15, 0.2) is 0 Å². The summed E-state index contributed by atoms with van der Waals surface area (Å²) in [5.41, 5.74) is 2.54. The van der Waals surface area contributed by atoms with Gasteiger partial charge in [-0.25, -0.2) is 4.98 Å². The van der Waals surface area contributed by atoms with Gasteiger partial charge in [-0.15, -0.1) is 0 Å². The van der Waals surface area contributed by atoms with Crippen LogP contribution in [0, 0.1) is 0 Å². The van der Waals surface area contributed by atoms with Crippen molar-refractivity contribution in [3.05, 3.63) is 83.4 Å². The minimum Gasteiger partial charge on any atom is -0.337 e. The molecule has 0 aliphatic heterocycles. The third kappa shape index (κ3) is 3.43. The van der Waals surface area contributed by atoms with Crippen molar-refractivity contribution in [1.82, 2.24) is 14.5 Å². The van der Waals surface area contributed by atoms with Crippen molar-refractivity contribution in [3.8, 4) is 5.69 Å². The highest BCUT2D eigenvalue weighted by molar-refractivity contribution is 6.31. The van der Waals surface area contributed by atoms with Crippen LogP contribution in [0.2, 0.25) is 5.02 Å². The largest absolute Gasteiger partial charge is 0.337 e. The van der Waals surface area contributed by atoms with Gasteiger partial charge in [-0.2, -0.15) is 0 Å². The maximum Gasteiger partial charge on any atom is 0.253 e. The minimum absolute atomic E-state index is 0.0397. The number of halogens is 1. The lowest BCUT2D eigenvalue weighted by Gasteiger charge is -2.18. The van der Waals surface area contributed by atoms with Crippen molar-refractivity contribution in [2.75, 3.05) is 7.05 Å². The van der Waals surface area contributed by atoms with E-state index in [0.29, 0.717) is 17.1 Å². The van der Waals surface area contributed by atoms with Gasteiger partial charge in [-0.3, -0.25) is 4.79 Å². The average Bonchev–Trinajstić information content (AvgIpc) is 3.11. The molecule has 1 aromatic heterocycles. The molecule has 0 N–H and O–H groups in total. The number of aromatic nitrogens is 2. The van der Waals surface area contributed by atoms with E-state index in [9.17, 15) is 4.79 Å². The highest BCUT2D eigenvalue weighted by atomic mass is 35.5. The second-order valence-corrected chi connectivity index (χ2v) is 5.68. The number of hydrogen-bond donors (Lipinski definition) is 0. The summed E-state index contributed by atoms with van der Waals surface area (Å²) in [6.45, 7) is 0.474. The summed E-state index contributed by atoms with van der Waals surface area (Å²) in [5.74, 6) is -0.0397. The monoisotopic (exact) mass is 325 g/mol. The van der Waals surface area contributed by atoms with E-state index in [1.807, 2.05) is 59.3 Å². The van der Waals surface area contributed by atoms with Crippen LogP contribution in [0.4, 0.5) is 0 Å². The molecule has 0 unspecified atom stereocenters. The highest BCUT2D eigenvalue weighted by Crippen LogP contribution is 2.18. The number of carbonyl (C=O) groups is 1. The van der Waals surface area contributed by atoms with E-state index in [2.05, 4.69) is 4.98 Å². The number of rotatable bonds is 4. The Bertz CT molecular complexity index is 797. The Hall–Kier alpha value is -2.59. The van der Waals surface area contributed by atoms with Gasteiger partial charge in [0, 0.05) is 42.3 Å². The van der Waals surface area contributed by atoms with Crippen molar-refractivity contribution in [2.24, 2.45) is 0 Å². The molecule has 0 radical (unpaired) electrons. The lowest BCUT2D eigenvalue weighted by atomic mass is 10.1. The minimum atomic E-state index is -0.0397. The lowest BCUT2D eigenvalue weighted by Crippen LogP contribution is -2.26. The molecule has 1 heterocycles. The number of nitrogens with zero attached hydrogens (tertiary/aromatic N) is 3. The zero-order valence-electron chi connectivity index (χ0n) is 12.7. The van der Waals surface area contributed by atoms with Crippen molar-refractivity contribution in [3.63, 3.8) is 0 Å². The van der Waals surface area contributed by atoms with Crippen molar-refractivity contribution < 1.29 is 4.79 Å². The van der Waals surface area contributed by atoms with Crippen LogP contribution in [0.5, 0.6) is 0 Å². The average molecular weight is 326 g/mol. The molecule has 0 bridgehead atoms. The molecule has 0 aliphatic carbocycles. The second kappa shape index (κ2) is 6.67. The van der Waals surface area contributed by atoms with E-state index in [1.54, 1.807) is 24.5 Å². The number of imidazole rings is 1. The molecule has 0 fully saturated rings. The topological polar surface area (TPSA) is 38.1 Å². The lowest BCUT2D eigenvalue weighted by molar-refractivity contribution is 0.0785. The molecule has 4 nitrogen and oxygen atoms in total. The Morgan fingerprint density at radius 2 is 1.91 bits per heavy atom. The molecular formula is C18H16ClN3O. The number of amides is 1. The van der Waals surface area contributed by atoms with Crippen LogP contribution < -0.4 is 0 Å². The van der Waals surface area contributed by atoms with E-state index in [1.165, 1.54) is 0 Å². The van der Waals surface area contributed by atoms with Gasteiger partial charge in [-0.1, -0.05) is 29.8 Å². The summed E-state index contributed by atoms with van der Waals surface area (Å²) in [4.78, 5) is 18.2. The predicted octanol–water partition coefficient (Wildman–Crippen LogP) is 3.80. The van der Waals surface area contributed by atoms with Crippen LogP contribution >= 0.6 is 11.6 Å². The Labute approximate surface area is 140 Å². The summed E-state index contributed by atoms with van der Waals surface area (Å²) in [6.07, 6.45) is 5.30. The first-order valence-electron chi connectivity index (χ1n) is 7.22. The van der Waals surface area contributed by atoms with Gasteiger partial charge in [0.2, 0.25) is 0 Å². The Kier molecular flexibility index (Phi) is 4.44. The summed E-state index contributed by atoms with van der Waals surface area (Å²) in [5, 5.41) is 0.669. The van der Waals surface area contributed by atoms with E-state index in [4.69, 9.17) is 11.6 Å². The number of carbonyl (C=O) groups excluding carboxylic acids is 1. The molecule has 2 aromatic carbocycles. The third-order valence-electron chi connectivity index (χ3n) is 3.63. The fraction of sp³-hybridized carbons (Fsp3) is 0.111. The molecule has 0 atom stereocenters. The quantitative estimate of drug-likeness (QED) is 0.732. The van der Waals surface area contributed by atoms with Gasteiger partial charge in [-0.05, 0) is 35.9 Å². The second-order valence-electron chi connectivity index (χ2n) is 5.27. The molecule has 5 heteroatoms. The van der Waals surface area contributed by atoms with Crippen molar-refractivity contribution in [1.29, 1.82) is 0 Å². The maximum atomic E-state index is 12.5. The van der Waals surface area contributed by atoms with Crippen LogP contribution in [0.15, 0.2) is 67.3 Å². The highest BCUT2D eigenvalue weighted by Gasteiger charge is 2.13. The van der Waals surface area contributed by atoms with Crippen LogP contribution in [-0.2, 0) is 6.54 Å². The zero-order chi connectivity index (χ0) is 16.2. The van der Waals surface area contributed by atoms with Gasteiger partial charge in [0.25, 0.3) is 5.91 Å². The molecule has 116 valence electrons. The first-order chi connectivity index (χ1) is 11.1. The molecule has 1 amide bonds. The van der Waals surface area contributed by atoms with Gasteiger partial charge in [0.05, 0.1) is 6.33 Å². The first-order valence-corrected chi connectivity index (χ1v) is 7.60. The van der Waals surface area contributed by atoms with E-state index < -0.39 is 0 Å². The normalized spacial score (nSPS) is 10.5. The van der Waals surface area contributed by atoms with Crippen LogP contribution in [0.1, 0.15) is 15.9 Å². The zero-order valence-corrected chi connectivity index (χ0v) is 13.4. The fourth-order valence-corrected chi connectivity index (χ4v) is 2.56. The Morgan fingerprint density at radius 1 is 1.17 bits per heavy atom. The standard InChI is InChI=1S/C18H16ClN3O/c1-21(12-15-4-2-3-5-17(15)19)18(23)14-6-8-16(9-7-14)22-11-10-20-13-22/h2-11,13H,12H2,1H3. The van der Waals surface area contributed by atoms with Crippen LogP contribution in [0.25, 0.3) is 5.69 Å². The molecule has 3 aromatic rings. The SMILES string of the molecule is CN(Cc1ccccc1Cl)C(=O)c1ccc(-n2ccnc2)cc1. The molecule has 0 aliphatic rings. The van der Waals surface area contributed by atoms with E-state index in [-0.39, 0.29) is 5.91 Å².